The van der Waals surface area contributed by atoms with Gasteiger partial charge >= 0.3 is 0 Å². The molecule has 1 aromatic heterocycles. The normalized spacial score (nSPS) is 13.9. The van der Waals surface area contributed by atoms with Crippen LogP contribution in [0.1, 0.15) is 43.4 Å². The van der Waals surface area contributed by atoms with Crippen molar-refractivity contribution in [1.82, 2.24) is 9.97 Å². The highest BCUT2D eigenvalue weighted by molar-refractivity contribution is 7.91. The fourth-order valence-electron chi connectivity index (χ4n) is 3.45. The van der Waals surface area contributed by atoms with Crippen LogP contribution in [-0.4, -0.2) is 30.7 Å². The van der Waals surface area contributed by atoms with E-state index in [1.54, 1.807) is 12.4 Å². The van der Waals surface area contributed by atoms with Crippen molar-refractivity contribution in [3.63, 3.8) is 0 Å². The summed E-state index contributed by atoms with van der Waals surface area (Å²) < 4.78 is 30.7. The lowest BCUT2D eigenvalue weighted by Gasteiger charge is -2.27. The largest absolute Gasteiger partial charge is 0.487 e. The smallest absolute Gasteiger partial charge is 0.236 e. The second kappa shape index (κ2) is 8.65. The van der Waals surface area contributed by atoms with Gasteiger partial charge in [0.2, 0.25) is 16.0 Å². The van der Waals surface area contributed by atoms with Crippen LogP contribution >= 0.6 is 11.6 Å². The van der Waals surface area contributed by atoms with Crippen LogP contribution in [0.4, 0.5) is 5.95 Å². The molecule has 33 heavy (non-hydrogen) atoms. The van der Waals surface area contributed by atoms with Gasteiger partial charge in [0.1, 0.15) is 6.07 Å². The zero-order chi connectivity index (χ0) is 23.8. The van der Waals surface area contributed by atoms with E-state index in [9.17, 15) is 13.7 Å². The van der Waals surface area contributed by atoms with Crippen LogP contribution in [0.15, 0.2) is 48.8 Å². The van der Waals surface area contributed by atoms with Gasteiger partial charge in [-0.2, -0.15) is 5.26 Å². The lowest BCUT2D eigenvalue weighted by Crippen LogP contribution is -2.19. The molecule has 0 saturated heterocycles. The Hall–Kier alpha value is -3.15. The number of halogens is 1. The topological polar surface area (TPSA) is 105 Å². The van der Waals surface area contributed by atoms with E-state index in [0.717, 1.165) is 41.4 Å². The predicted molar refractivity (Wildman–Crippen MR) is 128 cm³/mol. The Morgan fingerprint density at radius 2 is 1.73 bits per heavy atom. The van der Waals surface area contributed by atoms with E-state index >= 15 is 0 Å². The van der Waals surface area contributed by atoms with E-state index in [-0.39, 0.29) is 12.1 Å². The van der Waals surface area contributed by atoms with Gasteiger partial charge in [-0.15, -0.1) is 0 Å². The maximum absolute atomic E-state index is 11.3. The van der Waals surface area contributed by atoms with Gasteiger partial charge in [0.25, 0.3) is 0 Å². The number of nitrogens with zero attached hydrogens (tertiary/aromatic N) is 3. The second-order valence-corrected chi connectivity index (χ2v) is 10.8. The third-order valence-corrected chi connectivity index (χ3v) is 6.40. The number of benzene rings is 2. The van der Waals surface area contributed by atoms with Crippen molar-refractivity contribution in [3.8, 4) is 22.9 Å². The molecule has 1 saturated carbocycles. The molecule has 170 valence electrons. The molecule has 9 heteroatoms. The number of anilines is 1. The summed E-state index contributed by atoms with van der Waals surface area (Å²) in [5, 5.41) is 10.1. The molecule has 1 heterocycles. The quantitative estimate of drug-likeness (QED) is 0.513. The Balaban J connectivity index is 1.59. The van der Waals surface area contributed by atoms with Crippen molar-refractivity contribution in [2.75, 3.05) is 11.0 Å². The van der Waals surface area contributed by atoms with Gasteiger partial charge < -0.3 is 4.74 Å². The third-order valence-electron chi connectivity index (χ3n) is 5.56. The molecule has 3 aromatic rings. The van der Waals surface area contributed by atoms with Gasteiger partial charge in [-0.05, 0) is 41.7 Å². The lowest BCUT2D eigenvalue weighted by molar-refractivity contribution is 0.302. The highest BCUT2D eigenvalue weighted by atomic mass is 35.5. The molecule has 4 rings (SSSR count). The first-order valence-corrected chi connectivity index (χ1v) is 12.7. The van der Waals surface area contributed by atoms with E-state index in [2.05, 4.69) is 34.6 Å². The summed E-state index contributed by atoms with van der Waals surface area (Å²) >= 11 is 6.50. The number of rotatable bonds is 7. The van der Waals surface area contributed by atoms with Crippen molar-refractivity contribution in [2.24, 2.45) is 0 Å². The Morgan fingerprint density at radius 1 is 1.09 bits per heavy atom. The molecule has 1 N–H and O–H groups in total. The molecule has 0 spiro atoms. The van der Waals surface area contributed by atoms with Crippen LogP contribution in [0.3, 0.4) is 0 Å². The van der Waals surface area contributed by atoms with Crippen LogP contribution < -0.4 is 9.46 Å². The fraction of sp³-hybridized carbons (Fsp3) is 0.292. The van der Waals surface area contributed by atoms with Crippen molar-refractivity contribution in [2.45, 2.75) is 38.2 Å². The minimum atomic E-state index is -3.43. The summed E-state index contributed by atoms with van der Waals surface area (Å²) in [5.74, 6) is 0.490. The standard InChI is InChI=1S/C24H23ClN4O3S/c1-24(2,19-10-16(12-26)22(21(25)11-19)32-20-8-9-20)18-6-4-15(5-7-18)17-13-27-23(28-14-17)29-33(3,30)31/h4-7,10-11,13-14,20H,8-9H2,1-3H3,(H,27,28,29). The van der Waals surface area contributed by atoms with Crippen molar-refractivity contribution in [1.29, 1.82) is 5.26 Å². The first-order chi connectivity index (χ1) is 15.6. The number of nitriles is 1. The number of sulfonamides is 1. The zero-order valence-corrected chi connectivity index (χ0v) is 20.0. The van der Waals surface area contributed by atoms with Crippen molar-refractivity contribution >= 4 is 27.6 Å². The van der Waals surface area contributed by atoms with Gasteiger partial charge in [0.05, 0.1) is 22.9 Å². The number of aromatic nitrogens is 2. The van der Waals surface area contributed by atoms with Gasteiger partial charge in [0, 0.05) is 23.4 Å². The Kier molecular flexibility index (Phi) is 6.04. The summed E-state index contributed by atoms with van der Waals surface area (Å²) in [6.07, 6.45) is 6.31. The van der Waals surface area contributed by atoms with Crippen LogP contribution in [0.25, 0.3) is 11.1 Å². The molecular weight excluding hydrogens is 460 g/mol. The summed E-state index contributed by atoms with van der Waals surface area (Å²) in [7, 11) is -3.43. The van der Waals surface area contributed by atoms with Crippen LogP contribution in [0.2, 0.25) is 5.02 Å². The van der Waals surface area contributed by atoms with Crippen molar-refractivity contribution in [3.05, 3.63) is 70.5 Å². The molecule has 7 nitrogen and oxygen atoms in total. The number of nitrogens with one attached hydrogen (secondary N) is 1. The zero-order valence-electron chi connectivity index (χ0n) is 18.5. The third kappa shape index (κ3) is 5.27. The van der Waals surface area contributed by atoms with Gasteiger partial charge in [-0.25, -0.2) is 18.4 Å². The van der Waals surface area contributed by atoms with Crippen LogP contribution in [0, 0.1) is 11.3 Å². The molecule has 0 amide bonds. The van der Waals surface area contributed by atoms with E-state index in [0.29, 0.717) is 16.3 Å². The molecule has 0 unspecified atom stereocenters. The predicted octanol–water partition coefficient (Wildman–Crippen LogP) is 4.91. The summed E-state index contributed by atoms with van der Waals surface area (Å²) in [6, 6.07) is 13.9. The number of ether oxygens (including phenoxy) is 1. The molecule has 0 radical (unpaired) electrons. The summed E-state index contributed by atoms with van der Waals surface area (Å²) in [5.41, 5.74) is 3.64. The van der Waals surface area contributed by atoms with E-state index in [4.69, 9.17) is 16.3 Å². The molecule has 0 aliphatic heterocycles. The maximum atomic E-state index is 11.3. The number of hydrogen-bond acceptors (Lipinski definition) is 6. The molecule has 1 aliphatic rings. The average Bonchev–Trinajstić information content (AvgIpc) is 3.58. The fourth-order valence-corrected chi connectivity index (χ4v) is 4.15. The van der Waals surface area contributed by atoms with E-state index < -0.39 is 15.4 Å². The molecule has 2 aromatic carbocycles. The monoisotopic (exact) mass is 482 g/mol. The van der Waals surface area contributed by atoms with Gasteiger partial charge in [-0.1, -0.05) is 49.7 Å². The highest BCUT2D eigenvalue weighted by Crippen LogP contribution is 2.40. The Labute approximate surface area is 198 Å². The second-order valence-electron chi connectivity index (χ2n) is 8.64. The lowest BCUT2D eigenvalue weighted by atomic mass is 9.77. The highest BCUT2D eigenvalue weighted by Gasteiger charge is 2.29. The first-order valence-electron chi connectivity index (χ1n) is 10.4. The Morgan fingerprint density at radius 3 is 2.27 bits per heavy atom. The SMILES string of the molecule is CC(C)(c1ccc(-c2cnc(NS(C)(=O)=O)nc2)cc1)c1cc(Cl)c(OC2CC2)c(C#N)c1. The average molecular weight is 483 g/mol. The van der Waals surface area contributed by atoms with Crippen LogP contribution in [0.5, 0.6) is 5.75 Å². The first kappa shape index (κ1) is 23.0. The number of hydrogen-bond donors (Lipinski definition) is 1. The minimum absolute atomic E-state index is 0.0262. The maximum Gasteiger partial charge on any atom is 0.236 e. The summed E-state index contributed by atoms with van der Waals surface area (Å²) in [4.78, 5) is 8.13. The minimum Gasteiger partial charge on any atom is -0.487 e. The molecule has 1 fully saturated rings. The molecule has 0 bridgehead atoms. The molecular formula is C24H23ClN4O3S. The molecule has 1 aliphatic carbocycles. The van der Waals surface area contributed by atoms with Crippen molar-refractivity contribution < 1.29 is 13.2 Å². The van der Waals surface area contributed by atoms with Gasteiger partial charge in [-0.3, -0.25) is 4.72 Å². The van der Waals surface area contributed by atoms with E-state index in [1.807, 2.05) is 36.4 Å². The summed E-state index contributed by atoms with van der Waals surface area (Å²) in [6.45, 7) is 4.15. The molecule has 0 atom stereocenters. The van der Waals surface area contributed by atoms with E-state index in [1.165, 1.54) is 0 Å². The van der Waals surface area contributed by atoms with Gasteiger partial charge in [0.15, 0.2) is 5.75 Å². The van der Waals surface area contributed by atoms with Crippen LogP contribution in [-0.2, 0) is 15.4 Å². The Bertz CT molecular complexity index is 1330.